The highest BCUT2D eigenvalue weighted by molar-refractivity contribution is 14.0. The van der Waals surface area contributed by atoms with E-state index in [1.165, 1.54) is 0 Å². The molecule has 1 aromatic heterocycles. The van der Waals surface area contributed by atoms with Crippen LogP contribution in [0, 0.1) is 6.92 Å². The Morgan fingerprint density at radius 1 is 1.31 bits per heavy atom. The van der Waals surface area contributed by atoms with E-state index in [9.17, 15) is 0 Å². The molecule has 8 heteroatoms. The van der Waals surface area contributed by atoms with Crippen molar-refractivity contribution in [3.05, 3.63) is 46.7 Å². The summed E-state index contributed by atoms with van der Waals surface area (Å²) in [7, 11) is 1.92. The van der Waals surface area contributed by atoms with Crippen LogP contribution in [-0.4, -0.2) is 35.4 Å². The smallest absolute Gasteiger partial charge is 0.191 e. The van der Waals surface area contributed by atoms with E-state index in [4.69, 9.17) is 16.3 Å². The molecule has 0 unspecified atom stereocenters. The zero-order valence-electron chi connectivity index (χ0n) is 15.5. The van der Waals surface area contributed by atoms with E-state index in [1.54, 1.807) is 6.20 Å². The molecule has 2 N–H and O–H groups in total. The molecule has 144 valence electrons. The summed E-state index contributed by atoms with van der Waals surface area (Å²) in [5.74, 6) is 1.67. The van der Waals surface area contributed by atoms with Gasteiger partial charge in [0.1, 0.15) is 5.75 Å². The highest BCUT2D eigenvalue weighted by Gasteiger charge is 2.02. The Hall–Kier alpha value is -1.48. The number of aliphatic imine (C=N–C) groups is 1. The van der Waals surface area contributed by atoms with Crippen molar-refractivity contribution >= 4 is 41.5 Å². The molecule has 0 aliphatic rings. The lowest BCUT2D eigenvalue weighted by Gasteiger charge is -2.12. The standard InChI is InChI=1S/C18H26ClN5O.HI/c1-4-20-18(22-13-16-8-10-23-24(16)3)21-9-5-11-25-17-7-6-15(19)12-14(17)2;/h6-8,10,12H,4-5,9,11,13H2,1-3H3,(H2,20,21,22);1H. The van der Waals surface area contributed by atoms with Gasteiger partial charge in [0.05, 0.1) is 18.8 Å². The second-order valence-electron chi connectivity index (χ2n) is 5.68. The van der Waals surface area contributed by atoms with E-state index in [0.717, 1.165) is 47.5 Å². The molecule has 1 heterocycles. The topological polar surface area (TPSA) is 63.5 Å². The summed E-state index contributed by atoms with van der Waals surface area (Å²) in [4.78, 5) is 4.57. The normalized spacial score (nSPS) is 11.0. The van der Waals surface area contributed by atoms with Crippen LogP contribution in [0.5, 0.6) is 5.75 Å². The SMILES string of the molecule is CCNC(=NCc1ccnn1C)NCCCOc1ccc(Cl)cc1C.I. The molecule has 6 nitrogen and oxygen atoms in total. The average molecular weight is 492 g/mol. The lowest BCUT2D eigenvalue weighted by molar-refractivity contribution is 0.309. The number of aryl methyl sites for hydroxylation is 2. The summed E-state index contributed by atoms with van der Waals surface area (Å²) >= 11 is 5.95. The summed E-state index contributed by atoms with van der Waals surface area (Å²) < 4.78 is 7.63. The predicted octanol–water partition coefficient (Wildman–Crippen LogP) is 3.52. The summed E-state index contributed by atoms with van der Waals surface area (Å²) in [6.07, 6.45) is 2.65. The van der Waals surface area contributed by atoms with Gasteiger partial charge in [-0.15, -0.1) is 24.0 Å². The van der Waals surface area contributed by atoms with E-state index in [2.05, 4.69) is 20.7 Å². The number of nitrogens with one attached hydrogen (secondary N) is 2. The molecule has 1 aromatic carbocycles. The van der Waals surface area contributed by atoms with Gasteiger partial charge in [-0.25, -0.2) is 4.99 Å². The van der Waals surface area contributed by atoms with Crippen molar-refractivity contribution in [3.8, 4) is 5.75 Å². The van der Waals surface area contributed by atoms with E-state index in [-0.39, 0.29) is 24.0 Å². The first-order valence-electron chi connectivity index (χ1n) is 8.48. The molecule has 0 amide bonds. The number of halogens is 2. The number of rotatable bonds is 8. The number of benzene rings is 1. The first-order chi connectivity index (χ1) is 12.1. The third-order valence-corrected chi connectivity index (χ3v) is 3.91. The molecule has 0 aliphatic carbocycles. The zero-order valence-corrected chi connectivity index (χ0v) is 18.5. The van der Waals surface area contributed by atoms with E-state index in [0.29, 0.717) is 13.2 Å². The Balaban J connectivity index is 0.00000338. The molecule has 0 saturated carbocycles. The molecular formula is C18H27ClIN5O. The number of nitrogens with zero attached hydrogens (tertiary/aromatic N) is 3. The van der Waals surface area contributed by atoms with Crippen LogP contribution in [0.2, 0.25) is 5.02 Å². The highest BCUT2D eigenvalue weighted by Crippen LogP contribution is 2.21. The molecule has 0 saturated heterocycles. The fourth-order valence-corrected chi connectivity index (χ4v) is 2.52. The van der Waals surface area contributed by atoms with E-state index < -0.39 is 0 Å². The van der Waals surface area contributed by atoms with Crippen LogP contribution >= 0.6 is 35.6 Å². The Morgan fingerprint density at radius 2 is 2.12 bits per heavy atom. The number of guanidine groups is 1. The third-order valence-electron chi connectivity index (χ3n) is 3.67. The van der Waals surface area contributed by atoms with Crippen LogP contribution in [0.1, 0.15) is 24.6 Å². The van der Waals surface area contributed by atoms with Crippen LogP contribution in [0.25, 0.3) is 0 Å². The Kier molecular flexibility index (Phi) is 10.4. The highest BCUT2D eigenvalue weighted by atomic mass is 127. The molecule has 26 heavy (non-hydrogen) atoms. The average Bonchev–Trinajstić information content (AvgIpc) is 2.99. The molecule has 0 aliphatic heterocycles. The minimum Gasteiger partial charge on any atom is -0.493 e. The molecular weight excluding hydrogens is 465 g/mol. The largest absolute Gasteiger partial charge is 0.493 e. The minimum atomic E-state index is 0. The number of aromatic nitrogens is 2. The van der Waals surface area contributed by atoms with Crippen molar-refractivity contribution in [2.75, 3.05) is 19.7 Å². The first kappa shape index (κ1) is 22.6. The lowest BCUT2D eigenvalue weighted by atomic mass is 10.2. The van der Waals surface area contributed by atoms with E-state index in [1.807, 2.05) is 49.8 Å². The second-order valence-corrected chi connectivity index (χ2v) is 6.12. The zero-order chi connectivity index (χ0) is 18.1. The van der Waals surface area contributed by atoms with Crippen LogP contribution < -0.4 is 15.4 Å². The van der Waals surface area contributed by atoms with Gasteiger partial charge in [-0.2, -0.15) is 5.10 Å². The molecule has 0 bridgehead atoms. The van der Waals surface area contributed by atoms with Crippen LogP contribution in [0.4, 0.5) is 0 Å². The summed E-state index contributed by atoms with van der Waals surface area (Å²) in [5, 5.41) is 11.4. The van der Waals surface area contributed by atoms with Crippen LogP contribution in [-0.2, 0) is 13.6 Å². The summed E-state index contributed by atoms with van der Waals surface area (Å²) in [6, 6.07) is 7.62. The maximum atomic E-state index is 5.95. The molecule has 0 fully saturated rings. The van der Waals surface area contributed by atoms with Gasteiger partial charge in [0.2, 0.25) is 0 Å². The first-order valence-corrected chi connectivity index (χ1v) is 8.86. The van der Waals surface area contributed by atoms with Gasteiger partial charge in [-0.1, -0.05) is 11.6 Å². The van der Waals surface area contributed by atoms with Crippen molar-refractivity contribution < 1.29 is 4.74 Å². The second kappa shape index (κ2) is 12.0. The minimum absolute atomic E-state index is 0. The Bertz CT molecular complexity index is 705. The summed E-state index contributed by atoms with van der Waals surface area (Å²) in [6.45, 7) is 6.87. The monoisotopic (exact) mass is 491 g/mol. The molecule has 0 radical (unpaired) electrons. The molecule has 0 spiro atoms. The molecule has 2 rings (SSSR count). The fourth-order valence-electron chi connectivity index (χ4n) is 2.29. The predicted molar refractivity (Wildman–Crippen MR) is 118 cm³/mol. The van der Waals surface area contributed by atoms with Gasteiger partial charge in [0.25, 0.3) is 0 Å². The van der Waals surface area contributed by atoms with E-state index >= 15 is 0 Å². The van der Waals surface area contributed by atoms with Crippen molar-refractivity contribution in [2.24, 2.45) is 12.0 Å². The number of hydrogen-bond donors (Lipinski definition) is 2. The Labute approximate surface area is 177 Å². The number of hydrogen-bond acceptors (Lipinski definition) is 3. The van der Waals surface area contributed by atoms with Crippen molar-refractivity contribution in [1.82, 2.24) is 20.4 Å². The molecule has 2 aromatic rings. The van der Waals surface area contributed by atoms with Gasteiger partial charge in [0, 0.05) is 31.4 Å². The van der Waals surface area contributed by atoms with Gasteiger partial charge in [0.15, 0.2) is 5.96 Å². The summed E-state index contributed by atoms with van der Waals surface area (Å²) in [5.41, 5.74) is 2.12. The fraction of sp³-hybridized carbons (Fsp3) is 0.444. The van der Waals surface area contributed by atoms with Crippen molar-refractivity contribution in [2.45, 2.75) is 26.8 Å². The maximum absolute atomic E-state index is 5.95. The van der Waals surface area contributed by atoms with Gasteiger partial charge in [-0.3, -0.25) is 4.68 Å². The van der Waals surface area contributed by atoms with Crippen molar-refractivity contribution in [1.29, 1.82) is 0 Å². The van der Waals surface area contributed by atoms with Crippen LogP contribution in [0.15, 0.2) is 35.5 Å². The van der Waals surface area contributed by atoms with Crippen LogP contribution in [0.3, 0.4) is 0 Å². The quantitative estimate of drug-likeness (QED) is 0.257. The Morgan fingerprint density at radius 3 is 2.77 bits per heavy atom. The van der Waals surface area contributed by atoms with Gasteiger partial charge in [-0.05, 0) is 50.1 Å². The lowest BCUT2D eigenvalue weighted by Crippen LogP contribution is -2.38. The van der Waals surface area contributed by atoms with Gasteiger partial charge >= 0.3 is 0 Å². The number of ether oxygens (including phenoxy) is 1. The molecule has 0 atom stereocenters. The maximum Gasteiger partial charge on any atom is 0.191 e. The van der Waals surface area contributed by atoms with Gasteiger partial charge < -0.3 is 15.4 Å². The third kappa shape index (κ3) is 7.41. The van der Waals surface area contributed by atoms with Crippen molar-refractivity contribution in [3.63, 3.8) is 0 Å².